The number of hydrogen-bond donors (Lipinski definition) is 0. The molecule has 1 aromatic rings. The molecule has 0 aliphatic heterocycles. The monoisotopic (exact) mass is 230 g/mol. The molecule has 0 aromatic heterocycles. The zero-order valence-corrected chi connectivity index (χ0v) is 10.2. The average Bonchev–Trinajstić information content (AvgIpc) is 2.36. The largest absolute Gasteiger partial charge is 0.376 e. The Labute approximate surface area is 103 Å². The van der Waals surface area contributed by atoms with Gasteiger partial charge in [0, 0.05) is 19.3 Å². The fraction of sp³-hybridized carbons (Fsp3) is 0.400. The molecule has 0 fully saturated rings. The summed E-state index contributed by atoms with van der Waals surface area (Å²) in [5.74, 6) is 5.89. The minimum atomic E-state index is 0.223. The molecular formula is C15H18O2. The molecule has 0 amide bonds. The predicted octanol–water partition coefficient (Wildman–Crippen LogP) is 2.97. The van der Waals surface area contributed by atoms with Crippen molar-refractivity contribution in [3.63, 3.8) is 0 Å². The van der Waals surface area contributed by atoms with Crippen molar-refractivity contribution in [3.8, 4) is 11.8 Å². The number of hydrogen-bond acceptors (Lipinski definition) is 2. The van der Waals surface area contributed by atoms with Gasteiger partial charge in [-0.2, -0.15) is 0 Å². The van der Waals surface area contributed by atoms with Crippen molar-refractivity contribution in [1.82, 2.24) is 0 Å². The zero-order chi connectivity index (χ0) is 12.3. The van der Waals surface area contributed by atoms with E-state index in [1.165, 1.54) is 0 Å². The van der Waals surface area contributed by atoms with Crippen LogP contribution < -0.4 is 0 Å². The van der Waals surface area contributed by atoms with Crippen molar-refractivity contribution in [2.45, 2.75) is 32.8 Å². The average molecular weight is 230 g/mol. The first-order valence-corrected chi connectivity index (χ1v) is 5.86. The molecule has 0 aliphatic rings. The van der Waals surface area contributed by atoms with Crippen LogP contribution in [0.1, 0.15) is 31.7 Å². The fourth-order valence-corrected chi connectivity index (χ4v) is 1.40. The molecule has 0 N–H and O–H groups in total. The Morgan fingerprint density at radius 3 is 2.71 bits per heavy atom. The summed E-state index contributed by atoms with van der Waals surface area (Å²) in [5.41, 5.74) is 1.14. The SMILES string of the molecule is CC#CCCC(=O)CCOCc1ccccc1. The first-order valence-electron chi connectivity index (χ1n) is 5.86. The number of ketones is 1. The molecule has 1 aromatic carbocycles. The Morgan fingerprint density at radius 1 is 1.24 bits per heavy atom. The number of ether oxygens (including phenoxy) is 1. The minimum absolute atomic E-state index is 0.223. The summed E-state index contributed by atoms with van der Waals surface area (Å²) in [7, 11) is 0. The highest BCUT2D eigenvalue weighted by molar-refractivity contribution is 5.78. The van der Waals surface area contributed by atoms with E-state index in [9.17, 15) is 4.79 Å². The lowest BCUT2D eigenvalue weighted by Crippen LogP contribution is -2.04. The van der Waals surface area contributed by atoms with Gasteiger partial charge in [0.15, 0.2) is 0 Å². The third kappa shape index (κ3) is 6.55. The van der Waals surface area contributed by atoms with E-state index in [0.717, 1.165) is 5.56 Å². The number of rotatable bonds is 7. The Hall–Kier alpha value is -1.59. The first-order chi connectivity index (χ1) is 8.33. The van der Waals surface area contributed by atoms with Crippen LogP contribution in [0.15, 0.2) is 30.3 Å². The maximum Gasteiger partial charge on any atom is 0.136 e. The number of benzene rings is 1. The van der Waals surface area contributed by atoms with E-state index < -0.39 is 0 Å². The van der Waals surface area contributed by atoms with Crippen LogP contribution >= 0.6 is 0 Å². The van der Waals surface area contributed by atoms with Gasteiger partial charge in [-0.05, 0) is 12.5 Å². The van der Waals surface area contributed by atoms with Crippen molar-refractivity contribution < 1.29 is 9.53 Å². The Balaban J connectivity index is 2.07. The summed E-state index contributed by atoms with van der Waals surface area (Å²) in [6.45, 7) is 2.85. The van der Waals surface area contributed by atoms with E-state index >= 15 is 0 Å². The summed E-state index contributed by atoms with van der Waals surface area (Å²) in [6.07, 6.45) is 1.68. The molecule has 0 atom stereocenters. The Morgan fingerprint density at radius 2 is 2.00 bits per heavy atom. The van der Waals surface area contributed by atoms with Crippen LogP contribution in [0.2, 0.25) is 0 Å². The standard InChI is InChI=1S/C15H18O2/c1-2-3-5-10-15(16)11-12-17-13-14-8-6-4-7-9-14/h4,6-9H,5,10-13H2,1H3. The van der Waals surface area contributed by atoms with E-state index in [0.29, 0.717) is 32.5 Å². The van der Waals surface area contributed by atoms with Crippen molar-refractivity contribution >= 4 is 5.78 Å². The second kappa shape index (κ2) is 8.55. The lowest BCUT2D eigenvalue weighted by Gasteiger charge is -2.03. The Bertz CT molecular complexity index is 384. The molecule has 0 heterocycles. The maximum atomic E-state index is 11.4. The van der Waals surface area contributed by atoms with Gasteiger partial charge in [-0.3, -0.25) is 4.79 Å². The first kappa shape index (κ1) is 13.5. The summed E-state index contributed by atoms with van der Waals surface area (Å²) in [6, 6.07) is 9.96. The van der Waals surface area contributed by atoms with Gasteiger partial charge in [0.05, 0.1) is 13.2 Å². The van der Waals surface area contributed by atoms with Crippen molar-refractivity contribution in [1.29, 1.82) is 0 Å². The topological polar surface area (TPSA) is 26.3 Å². The molecule has 1 rings (SSSR count). The minimum Gasteiger partial charge on any atom is -0.376 e. The summed E-state index contributed by atoms with van der Waals surface area (Å²) in [4.78, 5) is 11.4. The number of carbonyl (C=O) groups is 1. The van der Waals surface area contributed by atoms with Gasteiger partial charge in [0.1, 0.15) is 5.78 Å². The third-order valence-corrected chi connectivity index (χ3v) is 2.34. The van der Waals surface area contributed by atoms with Crippen LogP contribution in [0.3, 0.4) is 0 Å². The van der Waals surface area contributed by atoms with Gasteiger partial charge in [-0.1, -0.05) is 30.3 Å². The van der Waals surface area contributed by atoms with E-state index in [1.807, 2.05) is 30.3 Å². The second-order valence-corrected chi connectivity index (χ2v) is 3.75. The molecule has 0 spiro atoms. The summed E-state index contributed by atoms with van der Waals surface area (Å²) >= 11 is 0. The van der Waals surface area contributed by atoms with Crippen LogP contribution in [0.5, 0.6) is 0 Å². The van der Waals surface area contributed by atoms with E-state index in [-0.39, 0.29) is 5.78 Å². The second-order valence-electron chi connectivity index (χ2n) is 3.75. The van der Waals surface area contributed by atoms with Gasteiger partial charge in [0.2, 0.25) is 0 Å². The molecule has 0 unspecified atom stereocenters. The molecule has 17 heavy (non-hydrogen) atoms. The van der Waals surface area contributed by atoms with E-state index in [2.05, 4.69) is 11.8 Å². The highest BCUT2D eigenvalue weighted by Gasteiger charge is 2.00. The van der Waals surface area contributed by atoms with Gasteiger partial charge in [-0.15, -0.1) is 11.8 Å². The third-order valence-electron chi connectivity index (χ3n) is 2.34. The molecule has 0 aliphatic carbocycles. The van der Waals surface area contributed by atoms with Crippen LogP contribution in [-0.2, 0) is 16.1 Å². The van der Waals surface area contributed by atoms with Gasteiger partial charge in [0.25, 0.3) is 0 Å². The highest BCUT2D eigenvalue weighted by atomic mass is 16.5. The zero-order valence-electron chi connectivity index (χ0n) is 10.2. The molecular weight excluding hydrogens is 212 g/mol. The van der Waals surface area contributed by atoms with Gasteiger partial charge >= 0.3 is 0 Å². The molecule has 0 saturated carbocycles. The maximum absolute atomic E-state index is 11.4. The molecule has 2 nitrogen and oxygen atoms in total. The van der Waals surface area contributed by atoms with Crippen LogP contribution in [-0.4, -0.2) is 12.4 Å². The van der Waals surface area contributed by atoms with Crippen LogP contribution in [0.4, 0.5) is 0 Å². The molecule has 90 valence electrons. The highest BCUT2D eigenvalue weighted by Crippen LogP contribution is 2.01. The quantitative estimate of drug-likeness (QED) is 0.531. The van der Waals surface area contributed by atoms with Crippen LogP contribution in [0.25, 0.3) is 0 Å². The fourth-order valence-electron chi connectivity index (χ4n) is 1.40. The smallest absolute Gasteiger partial charge is 0.136 e. The predicted molar refractivity (Wildman–Crippen MR) is 68.4 cm³/mol. The number of carbonyl (C=O) groups excluding carboxylic acids is 1. The van der Waals surface area contributed by atoms with Gasteiger partial charge in [-0.25, -0.2) is 0 Å². The summed E-state index contributed by atoms with van der Waals surface area (Å²) < 4.78 is 5.44. The Kier molecular flexibility index (Phi) is 6.78. The molecule has 0 bridgehead atoms. The summed E-state index contributed by atoms with van der Waals surface area (Å²) in [5, 5.41) is 0. The normalized spacial score (nSPS) is 9.47. The van der Waals surface area contributed by atoms with E-state index in [1.54, 1.807) is 6.92 Å². The lowest BCUT2D eigenvalue weighted by atomic mass is 10.2. The molecule has 0 saturated heterocycles. The molecule has 0 radical (unpaired) electrons. The van der Waals surface area contributed by atoms with Crippen molar-refractivity contribution in [2.24, 2.45) is 0 Å². The number of Topliss-reactive ketones (excluding diaryl/α,β-unsaturated/α-hetero) is 1. The van der Waals surface area contributed by atoms with Crippen LogP contribution in [0, 0.1) is 11.8 Å². The molecule has 2 heteroatoms. The van der Waals surface area contributed by atoms with Crippen molar-refractivity contribution in [2.75, 3.05) is 6.61 Å². The van der Waals surface area contributed by atoms with E-state index in [4.69, 9.17) is 4.74 Å². The van der Waals surface area contributed by atoms with Gasteiger partial charge < -0.3 is 4.74 Å². The lowest BCUT2D eigenvalue weighted by molar-refractivity contribution is -0.120. The van der Waals surface area contributed by atoms with Crippen molar-refractivity contribution in [3.05, 3.63) is 35.9 Å².